The van der Waals surface area contributed by atoms with Crippen molar-refractivity contribution in [1.29, 1.82) is 0 Å². The minimum atomic E-state index is -3.67. The molecular weight excluding hydrogens is 448 g/mol. The first kappa shape index (κ1) is 19.3. The molecule has 1 aliphatic rings. The van der Waals surface area contributed by atoms with E-state index in [0.29, 0.717) is 27.6 Å². The fourth-order valence-electron chi connectivity index (χ4n) is 2.88. The molecule has 2 unspecified atom stereocenters. The molecule has 0 aromatic heterocycles. The molecule has 1 fully saturated rings. The molecule has 1 aliphatic heterocycles. The predicted octanol–water partition coefficient (Wildman–Crippen LogP) is 2.72. The molecule has 23 heavy (non-hydrogen) atoms. The van der Waals surface area contributed by atoms with Gasteiger partial charge in [-0.05, 0) is 60.8 Å². The molecule has 0 bridgehead atoms. The quantitative estimate of drug-likeness (QED) is 0.671. The van der Waals surface area contributed by atoms with Crippen LogP contribution < -0.4 is 4.72 Å². The average molecular weight is 470 g/mol. The van der Waals surface area contributed by atoms with Crippen molar-refractivity contribution in [2.45, 2.75) is 49.8 Å². The van der Waals surface area contributed by atoms with Crippen molar-refractivity contribution < 1.29 is 13.5 Å². The van der Waals surface area contributed by atoms with E-state index in [-0.39, 0.29) is 11.4 Å². The number of rotatable bonds is 6. The highest BCUT2D eigenvalue weighted by Crippen LogP contribution is 2.26. The Hall–Kier alpha value is 0.01000. The maximum Gasteiger partial charge on any atom is 0.241 e. The van der Waals surface area contributed by atoms with Crippen molar-refractivity contribution >= 4 is 41.9 Å². The fourth-order valence-corrected chi connectivity index (χ4v) is 5.46. The Kier molecular flexibility index (Phi) is 6.66. The zero-order valence-corrected chi connectivity index (χ0v) is 17.2. The second-order valence-electron chi connectivity index (χ2n) is 6.05. The summed E-state index contributed by atoms with van der Waals surface area (Å²) in [6, 6.07) is 5.81. The second-order valence-corrected chi connectivity index (χ2v) is 9.56. The predicted molar refractivity (Wildman–Crippen MR) is 97.9 cm³/mol. The molecule has 130 valence electrons. The Morgan fingerprint density at radius 1 is 1.30 bits per heavy atom. The standard InChI is InChI=1S/C15H22Br2N2O3S/c1-10-3-4-11(2)19(10)9-13(20)8-18-23(21,22)15-7-12(16)5-6-14(15)17/h5-7,10-11,13,18,20H,3-4,8-9H2,1-2H3/t10?,11?,13-/m0/s1. The number of aliphatic hydroxyl groups is 1. The van der Waals surface area contributed by atoms with Crippen molar-refractivity contribution in [3.63, 3.8) is 0 Å². The van der Waals surface area contributed by atoms with Gasteiger partial charge in [0, 0.05) is 34.1 Å². The monoisotopic (exact) mass is 468 g/mol. The third-order valence-corrected chi connectivity index (χ3v) is 7.16. The summed E-state index contributed by atoms with van der Waals surface area (Å²) in [5.74, 6) is 0. The van der Waals surface area contributed by atoms with Crippen LogP contribution in [-0.4, -0.2) is 49.7 Å². The van der Waals surface area contributed by atoms with Gasteiger partial charge in [0.2, 0.25) is 10.0 Å². The lowest BCUT2D eigenvalue weighted by Gasteiger charge is -2.28. The second kappa shape index (κ2) is 7.93. The van der Waals surface area contributed by atoms with Crippen molar-refractivity contribution in [2.75, 3.05) is 13.1 Å². The summed E-state index contributed by atoms with van der Waals surface area (Å²) in [4.78, 5) is 2.38. The Labute approximate surface area is 154 Å². The number of β-amino-alcohol motifs (C(OH)–C–C–N with tert-alkyl or cyclic N) is 1. The largest absolute Gasteiger partial charge is 0.390 e. The highest BCUT2D eigenvalue weighted by molar-refractivity contribution is 9.11. The van der Waals surface area contributed by atoms with Gasteiger partial charge in [-0.2, -0.15) is 0 Å². The Balaban J connectivity index is 1.97. The Morgan fingerprint density at radius 2 is 1.91 bits per heavy atom. The molecule has 3 atom stereocenters. The van der Waals surface area contributed by atoms with Gasteiger partial charge in [-0.25, -0.2) is 13.1 Å². The lowest BCUT2D eigenvalue weighted by Crippen LogP contribution is -2.43. The summed E-state index contributed by atoms with van der Waals surface area (Å²) >= 11 is 6.52. The van der Waals surface area contributed by atoms with Crippen LogP contribution in [0.25, 0.3) is 0 Å². The van der Waals surface area contributed by atoms with Crippen LogP contribution in [0.3, 0.4) is 0 Å². The van der Waals surface area contributed by atoms with Crippen molar-refractivity contribution in [2.24, 2.45) is 0 Å². The summed E-state index contributed by atoms with van der Waals surface area (Å²) in [5, 5.41) is 10.2. The molecule has 0 aliphatic carbocycles. The molecule has 1 aromatic carbocycles. The Morgan fingerprint density at radius 3 is 2.52 bits per heavy atom. The fraction of sp³-hybridized carbons (Fsp3) is 0.600. The number of likely N-dealkylation sites (tertiary alicyclic amines) is 1. The molecule has 0 saturated carbocycles. The van der Waals surface area contributed by atoms with E-state index in [1.165, 1.54) is 6.07 Å². The van der Waals surface area contributed by atoms with Gasteiger partial charge < -0.3 is 5.11 Å². The minimum absolute atomic E-state index is 0.00275. The van der Waals surface area contributed by atoms with Gasteiger partial charge in [-0.3, -0.25) is 4.90 Å². The number of sulfonamides is 1. The zero-order chi connectivity index (χ0) is 17.2. The van der Waals surface area contributed by atoms with Crippen LogP contribution >= 0.6 is 31.9 Å². The number of hydrogen-bond donors (Lipinski definition) is 2. The molecule has 1 heterocycles. The van der Waals surface area contributed by atoms with Crippen LogP contribution in [0.1, 0.15) is 26.7 Å². The number of halogens is 2. The van der Waals surface area contributed by atoms with Crippen LogP contribution in [0.2, 0.25) is 0 Å². The van der Waals surface area contributed by atoms with Crippen LogP contribution in [-0.2, 0) is 10.0 Å². The highest BCUT2D eigenvalue weighted by atomic mass is 79.9. The van der Waals surface area contributed by atoms with E-state index in [2.05, 4.69) is 55.3 Å². The van der Waals surface area contributed by atoms with Gasteiger partial charge in [0.1, 0.15) is 0 Å². The Bertz CT molecular complexity index is 644. The topological polar surface area (TPSA) is 69.6 Å². The first-order valence-electron chi connectivity index (χ1n) is 7.59. The summed E-state index contributed by atoms with van der Waals surface area (Å²) < 4.78 is 28.4. The number of nitrogens with one attached hydrogen (secondary N) is 1. The number of benzene rings is 1. The molecule has 8 heteroatoms. The van der Waals surface area contributed by atoms with Gasteiger partial charge in [0.25, 0.3) is 0 Å². The first-order valence-corrected chi connectivity index (χ1v) is 10.7. The molecule has 0 radical (unpaired) electrons. The SMILES string of the molecule is CC1CCC(C)N1C[C@@H](O)CNS(=O)(=O)c1cc(Br)ccc1Br. The van der Waals surface area contributed by atoms with Crippen molar-refractivity contribution in [3.8, 4) is 0 Å². The van der Waals surface area contributed by atoms with Gasteiger partial charge in [0.15, 0.2) is 0 Å². The van der Waals surface area contributed by atoms with Gasteiger partial charge in [0.05, 0.1) is 11.0 Å². The summed E-state index contributed by atoms with van der Waals surface area (Å²) in [6.45, 7) is 4.75. The summed E-state index contributed by atoms with van der Waals surface area (Å²) in [7, 11) is -3.67. The average Bonchev–Trinajstić information content (AvgIpc) is 2.79. The van der Waals surface area contributed by atoms with E-state index < -0.39 is 16.1 Å². The summed E-state index contributed by atoms with van der Waals surface area (Å²) in [5.41, 5.74) is 0. The molecule has 2 N–H and O–H groups in total. The van der Waals surface area contributed by atoms with E-state index in [4.69, 9.17) is 0 Å². The van der Waals surface area contributed by atoms with Crippen molar-refractivity contribution in [1.82, 2.24) is 9.62 Å². The van der Waals surface area contributed by atoms with E-state index in [0.717, 1.165) is 12.8 Å². The smallest absolute Gasteiger partial charge is 0.241 e. The maximum atomic E-state index is 12.4. The first-order chi connectivity index (χ1) is 10.7. The maximum absolute atomic E-state index is 12.4. The normalized spacial score (nSPS) is 24.0. The van der Waals surface area contributed by atoms with Gasteiger partial charge in [-0.1, -0.05) is 15.9 Å². The van der Waals surface area contributed by atoms with Gasteiger partial charge in [-0.15, -0.1) is 0 Å². The van der Waals surface area contributed by atoms with E-state index >= 15 is 0 Å². The lowest BCUT2D eigenvalue weighted by molar-refractivity contribution is 0.0941. The third kappa shape index (κ3) is 4.99. The number of hydrogen-bond acceptors (Lipinski definition) is 4. The van der Waals surface area contributed by atoms with E-state index in [9.17, 15) is 13.5 Å². The number of aliphatic hydroxyl groups excluding tert-OH is 1. The zero-order valence-electron chi connectivity index (χ0n) is 13.2. The molecule has 2 rings (SSSR count). The van der Waals surface area contributed by atoms with Crippen molar-refractivity contribution in [3.05, 3.63) is 27.1 Å². The van der Waals surface area contributed by atoms with Crippen LogP contribution in [0.5, 0.6) is 0 Å². The lowest BCUT2D eigenvalue weighted by atomic mass is 10.2. The van der Waals surface area contributed by atoms with E-state index in [1.54, 1.807) is 12.1 Å². The van der Waals surface area contributed by atoms with E-state index in [1.807, 2.05) is 0 Å². The van der Waals surface area contributed by atoms with Crippen LogP contribution in [0.15, 0.2) is 32.0 Å². The van der Waals surface area contributed by atoms with Gasteiger partial charge >= 0.3 is 0 Å². The molecule has 1 aromatic rings. The highest BCUT2D eigenvalue weighted by Gasteiger charge is 2.29. The molecule has 1 saturated heterocycles. The molecule has 0 spiro atoms. The van der Waals surface area contributed by atoms with Crippen LogP contribution in [0, 0.1) is 0 Å². The minimum Gasteiger partial charge on any atom is -0.390 e. The molecule has 5 nitrogen and oxygen atoms in total. The number of nitrogens with zero attached hydrogens (tertiary/aromatic N) is 1. The summed E-state index contributed by atoms with van der Waals surface area (Å²) in [6.07, 6.45) is 1.49. The third-order valence-electron chi connectivity index (χ3n) is 4.25. The molecule has 0 amide bonds. The van der Waals surface area contributed by atoms with Crippen LogP contribution in [0.4, 0.5) is 0 Å². The molecular formula is C15H22Br2N2O3S.